The number of hydrogen-bond donors (Lipinski definition) is 4. The molecule has 1 aromatic carbocycles. The third kappa shape index (κ3) is 3.99. The third-order valence-electron chi connectivity index (χ3n) is 4.79. The lowest BCUT2D eigenvalue weighted by Crippen LogP contribution is -2.22. The molecule has 3 amide bonds. The van der Waals surface area contributed by atoms with Crippen molar-refractivity contribution in [3.63, 3.8) is 0 Å². The van der Waals surface area contributed by atoms with Gasteiger partial charge in [-0.1, -0.05) is 35.3 Å². The van der Waals surface area contributed by atoms with Crippen LogP contribution in [-0.4, -0.2) is 37.6 Å². The fourth-order valence-electron chi connectivity index (χ4n) is 3.08. The molecule has 0 radical (unpaired) electrons. The molecule has 12 heteroatoms. The highest BCUT2D eigenvalue weighted by atomic mass is 35.5. The molecule has 1 saturated heterocycles. The van der Waals surface area contributed by atoms with Crippen LogP contribution >= 0.6 is 23.2 Å². The molecule has 3 heterocycles. The Bertz CT molecular complexity index is 1250. The van der Waals surface area contributed by atoms with Crippen LogP contribution in [0.2, 0.25) is 10.0 Å². The zero-order chi connectivity index (χ0) is 21.5. The fourth-order valence-corrected chi connectivity index (χ4v) is 3.46. The molecule has 3 aromatic rings. The Hall–Kier alpha value is -3.37. The van der Waals surface area contributed by atoms with Gasteiger partial charge >= 0.3 is 6.03 Å². The predicted molar refractivity (Wildman–Crippen MR) is 116 cm³/mol. The highest BCUT2D eigenvalue weighted by molar-refractivity contribution is 6.42. The predicted octanol–water partition coefficient (Wildman–Crippen LogP) is 2.80. The molecule has 158 valence electrons. The van der Waals surface area contributed by atoms with Crippen molar-refractivity contribution in [1.29, 1.82) is 0 Å². The molecule has 1 saturated carbocycles. The normalized spacial score (nSPS) is 17.2. The van der Waals surface area contributed by atoms with E-state index in [1.165, 1.54) is 6.08 Å². The van der Waals surface area contributed by atoms with Gasteiger partial charge in [-0.25, -0.2) is 4.79 Å². The van der Waals surface area contributed by atoms with Gasteiger partial charge in [0, 0.05) is 18.2 Å². The Kier molecular flexibility index (Phi) is 4.87. The molecule has 2 aliphatic rings. The standard InChI is InChI=1S/C19H16Cl2N8O2/c20-12-3-1-2-9(14(12)21)7-22-17-26-15-10(6-13-16(30)27-19(31)25-13)8-23-29(15)18(28-17)24-11-4-5-11/h1-3,6,8,11H,4-5,7H2,(H2,22,24,26,28)(H2,25,27,30,31)/b13-6-. The smallest absolute Gasteiger partial charge is 0.326 e. The van der Waals surface area contributed by atoms with Crippen molar-refractivity contribution in [1.82, 2.24) is 30.2 Å². The number of rotatable bonds is 6. The van der Waals surface area contributed by atoms with Gasteiger partial charge in [0.25, 0.3) is 5.91 Å². The van der Waals surface area contributed by atoms with E-state index in [-0.39, 0.29) is 5.70 Å². The van der Waals surface area contributed by atoms with Crippen molar-refractivity contribution < 1.29 is 9.59 Å². The van der Waals surface area contributed by atoms with Gasteiger partial charge in [-0.3, -0.25) is 10.1 Å². The van der Waals surface area contributed by atoms with E-state index in [0.29, 0.717) is 45.7 Å². The Morgan fingerprint density at radius 1 is 1.19 bits per heavy atom. The molecule has 0 atom stereocenters. The zero-order valence-electron chi connectivity index (χ0n) is 15.9. The van der Waals surface area contributed by atoms with Crippen molar-refractivity contribution in [2.24, 2.45) is 0 Å². The fraction of sp³-hybridized carbons (Fsp3) is 0.211. The Balaban J connectivity index is 1.50. The number of urea groups is 1. The number of nitrogens with zero attached hydrogens (tertiary/aromatic N) is 4. The van der Waals surface area contributed by atoms with Crippen molar-refractivity contribution in [2.45, 2.75) is 25.4 Å². The van der Waals surface area contributed by atoms with Gasteiger partial charge in [0.1, 0.15) is 5.70 Å². The van der Waals surface area contributed by atoms with Gasteiger partial charge in [0.15, 0.2) is 5.65 Å². The number of carbonyl (C=O) groups is 2. The lowest BCUT2D eigenvalue weighted by Gasteiger charge is -2.11. The molecule has 31 heavy (non-hydrogen) atoms. The summed E-state index contributed by atoms with van der Waals surface area (Å²) in [5, 5.41) is 16.4. The minimum absolute atomic E-state index is 0.121. The lowest BCUT2D eigenvalue weighted by molar-refractivity contribution is -0.115. The van der Waals surface area contributed by atoms with Crippen molar-refractivity contribution in [3.8, 4) is 0 Å². The van der Waals surface area contributed by atoms with Gasteiger partial charge in [0.05, 0.1) is 16.2 Å². The van der Waals surface area contributed by atoms with Gasteiger partial charge in [-0.2, -0.15) is 19.6 Å². The highest BCUT2D eigenvalue weighted by Crippen LogP contribution is 2.27. The summed E-state index contributed by atoms with van der Waals surface area (Å²) in [7, 11) is 0. The number of anilines is 2. The van der Waals surface area contributed by atoms with Gasteiger partial charge < -0.3 is 16.0 Å². The van der Waals surface area contributed by atoms with E-state index >= 15 is 0 Å². The van der Waals surface area contributed by atoms with E-state index in [1.54, 1.807) is 16.8 Å². The minimum Gasteiger partial charge on any atom is -0.351 e. The summed E-state index contributed by atoms with van der Waals surface area (Å²) in [5.74, 6) is 0.368. The molecule has 0 spiro atoms. The van der Waals surface area contributed by atoms with Crippen LogP contribution in [0.15, 0.2) is 30.1 Å². The number of imide groups is 1. The number of hydrogen-bond acceptors (Lipinski definition) is 7. The molecule has 1 aliphatic carbocycles. The van der Waals surface area contributed by atoms with Crippen molar-refractivity contribution >= 4 is 58.8 Å². The maximum absolute atomic E-state index is 11.9. The number of nitrogens with one attached hydrogen (secondary N) is 4. The van der Waals surface area contributed by atoms with Crippen LogP contribution in [-0.2, 0) is 11.3 Å². The molecule has 10 nitrogen and oxygen atoms in total. The number of aromatic nitrogens is 4. The average molecular weight is 459 g/mol. The second-order valence-electron chi connectivity index (χ2n) is 7.16. The third-order valence-corrected chi connectivity index (χ3v) is 5.65. The molecule has 2 aromatic heterocycles. The molecular formula is C19H16Cl2N8O2. The van der Waals surface area contributed by atoms with E-state index in [2.05, 4.69) is 36.3 Å². The number of fused-ring (bicyclic) bond motifs is 1. The second kappa shape index (κ2) is 7.71. The number of halogens is 2. The molecular weight excluding hydrogens is 443 g/mol. The molecule has 2 fully saturated rings. The first-order valence-electron chi connectivity index (χ1n) is 9.51. The summed E-state index contributed by atoms with van der Waals surface area (Å²) in [5.41, 5.74) is 1.95. The summed E-state index contributed by atoms with van der Waals surface area (Å²) >= 11 is 12.4. The van der Waals surface area contributed by atoms with Crippen molar-refractivity contribution in [3.05, 3.63) is 51.3 Å². The number of carbonyl (C=O) groups excluding carboxylic acids is 2. The molecule has 5 rings (SSSR count). The van der Waals surface area contributed by atoms with Crippen LogP contribution in [0, 0.1) is 0 Å². The van der Waals surface area contributed by atoms with Crippen LogP contribution in [0.5, 0.6) is 0 Å². The van der Waals surface area contributed by atoms with Gasteiger partial charge in [0.2, 0.25) is 11.9 Å². The molecule has 0 unspecified atom stereocenters. The van der Waals surface area contributed by atoms with Crippen LogP contribution in [0.3, 0.4) is 0 Å². The average Bonchev–Trinajstić information content (AvgIpc) is 3.37. The quantitative estimate of drug-likeness (QED) is 0.330. The maximum atomic E-state index is 11.9. The minimum atomic E-state index is -0.570. The first-order valence-corrected chi connectivity index (χ1v) is 10.3. The summed E-state index contributed by atoms with van der Waals surface area (Å²) < 4.78 is 1.57. The Morgan fingerprint density at radius 2 is 2.03 bits per heavy atom. The van der Waals surface area contributed by atoms with Gasteiger partial charge in [-0.15, -0.1) is 0 Å². The summed E-state index contributed by atoms with van der Waals surface area (Å²) in [6.07, 6.45) is 5.19. The van der Waals surface area contributed by atoms with E-state index in [1.807, 2.05) is 12.1 Å². The highest BCUT2D eigenvalue weighted by Gasteiger charge is 2.26. The number of amides is 3. The molecule has 0 bridgehead atoms. The summed E-state index contributed by atoms with van der Waals surface area (Å²) in [6, 6.07) is 5.16. The molecule has 4 N–H and O–H groups in total. The monoisotopic (exact) mass is 458 g/mol. The van der Waals surface area contributed by atoms with Crippen LogP contribution in [0.4, 0.5) is 16.7 Å². The SMILES string of the molecule is O=C1NC(=O)/C(=C/c2cnn3c(NC4CC4)nc(NCc4cccc(Cl)c4Cl)nc23)N1. The summed E-state index contributed by atoms with van der Waals surface area (Å²) in [6.45, 7) is 0.363. The first kappa shape index (κ1) is 19.6. The summed E-state index contributed by atoms with van der Waals surface area (Å²) in [4.78, 5) is 32.4. The van der Waals surface area contributed by atoms with Gasteiger partial charge in [-0.05, 0) is 30.5 Å². The maximum Gasteiger partial charge on any atom is 0.326 e. The van der Waals surface area contributed by atoms with E-state index in [4.69, 9.17) is 23.2 Å². The van der Waals surface area contributed by atoms with Crippen LogP contribution < -0.4 is 21.3 Å². The number of benzene rings is 1. The van der Waals surface area contributed by atoms with Crippen molar-refractivity contribution in [2.75, 3.05) is 10.6 Å². The largest absolute Gasteiger partial charge is 0.351 e. The Morgan fingerprint density at radius 3 is 2.77 bits per heavy atom. The lowest BCUT2D eigenvalue weighted by atomic mass is 10.2. The first-order chi connectivity index (χ1) is 15.0. The topological polar surface area (TPSA) is 125 Å². The van der Waals surface area contributed by atoms with E-state index in [0.717, 1.165) is 18.4 Å². The Labute approximate surface area is 186 Å². The molecule has 1 aliphatic heterocycles. The van der Waals surface area contributed by atoms with Crippen LogP contribution in [0.25, 0.3) is 11.7 Å². The van der Waals surface area contributed by atoms with Crippen LogP contribution in [0.1, 0.15) is 24.0 Å². The zero-order valence-corrected chi connectivity index (χ0v) is 17.5. The van der Waals surface area contributed by atoms with E-state index in [9.17, 15) is 9.59 Å². The second-order valence-corrected chi connectivity index (χ2v) is 7.94. The van der Waals surface area contributed by atoms with E-state index < -0.39 is 11.9 Å².